The van der Waals surface area contributed by atoms with E-state index in [1.54, 1.807) is 17.7 Å². The van der Waals surface area contributed by atoms with Gasteiger partial charge in [-0.15, -0.1) is 0 Å². The fraction of sp³-hybridized carbons (Fsp3) is 0.409. The summed E-state index contributed by atoms with van der Waals surface area (Å²) >= 11 is 1.52. The second-order valence-electron chi connectivity index (χ2n) is 8.76. The summed E-state index contributed by atoms with van der Waals surface area (Å²) in [5.74, 6) is 0.565. The number of carbonyl (C=O) groups excluding carboxylic acids is 1. The Bertz CT molecular complexity index is 1500. The third-order valence-corrected chi connectivity index (χ3v) is 8.63. The first-order valence-corrected chi connectivity index (χ1v) is 13.8. The molecular formula is C22H21N5O5S2. The van der Waals surface area contributed by atoms with Crippen molar-refractivity contribution >= 4 is 38.2 Å². The maximum absolute atomic E-state index is 13.2. The highest BCUT2D eigenvalue weighted by atomic mass is 32.2. The second kappa shape index (κ2) is 7.98. The van der Waals surface area contributed by atoms with E-state index < -0.39 is 15.8 Å². The van der Waals surface area contributed by atoms with Crippen LogP contribution in [0.3, 0.4) is 0 Å². The van der Waals surface area contributed by atoms with Gasteiger partial charge < -0.3 is 9.26 Å². The number of hydrogen-bond acceptors (Lipinski definition) is 10. The van der Waals surface area contributed by atoms with Crippen molar-refractivity contribution in [1.82, 2.24) is 24.9 Å². The number of pyridine rings is 1. The van der Waals surface area contributed by atoms with Gasteiger partial charge in [-0.1, -0.05) is 5.16 Å². The smallest absolute Gasteiger partial charge is 0.339 e. The van der Waals surface area contributed by atoms with Crippen LogP contribution < -0.4 is 0 Å². The molecule has 1 atom stereocenters. The third-order valence-electron chi connectivity index (χ3n) is 6.20. The average molecular weight is 500 g/mol. The first-order chi connectivity index (χ1) is 16.4. The van der Waals surface area contributed by atoms with Crippen LogP contribution in [-0.4, -0.2) is 50.8 Å². The van der Waals surface area contributed by atoms with E-state index in [1.165, 1.54) is 11.3 Å². The van der Waals surface area contributed by atoms with Gasteiger partial charge in [0.1, 0.15) is 0 Å². The van der Waals surface area contributed by atoms with E-state index in [9.17, 15) is 13.2 Å². The molecule has 0 radical (unpaired) electrons. The molecule has 4 aromatic heterocycles. The van der Waals surface area contributed by atoms with Gasteiger partial charge in [0.2, 0.25) is 5.82 Å². The van der Waals surface area contributed by atoms with E-state index in [0.717, 1.165) is 24.1 Å². The minimum atomic E-state index is -3.10. The van der Waals surface area contributed by atoms with Crippen molar-refractivity contribution in [3.8, 4) is 11.5 Å². The number of rotatable bonds is 6. The summed E-state index contributed by atoms with van der Waals surface area (Å²) < 4.78 is 36.6. The molecule has 0 N–H and O–H groups in total. The van der Waals surface area contributed by atoms with Gasteiger partial charge in [-0.3, -0.25) is 0 Å². The van der Waals surface area contributed by atoms with Gasteiger partial charge in [0, 0.05) is 17.0 Å². The Kier molecular flexibility index (Phi) is 5.03. The zero-order valence-electron chi connectivity index (χ0n) is 18.3. The molecule has 10 nitrogen and oxygen atoms in total. The van der Waals surface area contributed by atoms with Crippen LogP contribution in [0.15, 0.2) is 27.4 Å². The van der Waals surface area contributed by atoms with E-state index in [2.05, 4.69) is 15.2 Å². The van der Waals surface area contributed by atoms with Crippen LogP contribution in [0.5, 0.6) is 0 Å². The molecule has 6 rings (SSSR count). The topological polar surface area (TPSA) is 130 Å². The van der Waals surface area contributed by atoms with E-state index in [-0.39, 0.29) is 35.9 Å². The first kappa shape index (κ1) is 21.4. The lowest BCUT2D eigenvalue weighted by Crippen LogP contribution is -2.14. The van der Waals surface area contributed by atoms with Crippen molar-refractivity contribution in [3.05, 3.63) is 45.7 Å². The van der Waals surface area contributed by atoms with Gasteiger partial charge in [-0.2, -0.15) is 21.4 Å². The molecule has 2 fully saturated rings. The summed E-state index contributed by atoms with van der Waals surface area (Å²) in [5, 5.41) is 12.9. The number of fused-ring (bicyclic) bond motifs is 1. The average Bonchev–Trinajstić information content (AvgIpc) is 3.16. The van der Waals surface area contributed by atoms with Crippen LogP contribution in [0.2, 0.25) is 0 Å². The summed E-state index contributed by atoms with van der Waals surface area (Å²) in [7, 11) is -3.10. The number of aromatic nitrogens is 5. The number of ether oxygens (including phenoxy) is 1. The fourth-order valence-corrected chi connectivity index (χ4v) is 6.65. The third kappa shape index (κ3) is 3.90. The molecule has 0 unspecified atom stereocenters. The number of sulfone groups is 1. The number of thiophene rings is 1. The van der Waals surface area contributed by atoms with E-state index in [4.69, 9.17) is 14.2 Å². The highest BCUT2D eigenvalue weighted by Gasteiger charge is 2.34. The number of nitrogens with zero attached hydrogens (tertiary/aromatic N) is 5. The quantitative estimate of drug-likeness (QED) is 0.366. The Morgan fingerprint density at radius 3 is 2.85 bits per heavy atom. The molecule has 5 heterocycles. The van der Waals surface area contributed by atoms with Crippen LogP contribution in [-0.2, 0) is 21.2 Å². The predicted molar refractivity (Wildman–Crippen MR) is 123 cm³/mol. The highest BCUT2D eigenvalue weighted by Crippen LogP contribution is 2.41. The Morgan fingerprint density at radius 1 is 1.29 bits per heavy atom. The summed E-state index contributed by atoms with van der Waals surface area (Å²) in [4.78, 5) is 22.3. The number of carbonyl (C=O) groups is 1. The molecule has 1 saturated carbocycles. The lowest BCUT2D eigenvalue weighted by Gasteiger charge is -2.11. The molecule has 34 heavy (non-hydrogen) atoms. The molecule has 12 heteroatoms. The number of hydrogen-bond donors (Lipinski definition) is 0. The van der Waals surface area contributed by atoms with Crippen LogP contribution >= 0.6 is 11.3 Å². The normalized spacial score (nSPS) is 19.6. The summed E-state index contributed by atoms with van der Waals surface area (Å²) in [5.41, 5.74) is 3.14. The van der Waals surface area contributed by atoms with Crippen molar-refractivity contribution in [3.63, 3.8) is 0 Å². The molecule has 1 saturated heterocycles. The molecular weight excluding hydrogens is 478 g/mol. The SMILES string of the molecule is Cc1nn([C@@H]2CCS(=O)(=O)C2)c2nc(C3CC3)cc(C(=O)OCc3noc(-c4ccsc4)n3)c12. The van der Waals surface area contributed by atoms with Gasteiger partial charge in [0.15, 0.2) is 22.1 Å². The lowest BCUT2D eigenvalue weighted by atomic mass is 10.1. The summed E-state index contributed by atoms with van der Waals surface area (Å²) in [6.45, 7) is 1.66. The Hall–Kier alpha value is -3.12. The van der Waals surface area contributed by atoms with Gasteiger partial charge in [-0.05, 0) is 43.7 Å². The largest absolute Gasteiger partial charge is 0.454 e. The van der Waals surface area contributed by atoms with Gasteiger partial charge >= 0.3 is 5.97 Å². The Balaban J connectivity index is 1.32. The molecule has 4 aromatic rings. The molecule has 2 aliphatic rings. The van der Waals surface area contributed by atoms with Crippen LogP contribution in [0.1, 0.15) is 58.8 Å². The molecule has 176 valence electrons. The van der Waals surface area contributed by atoms with Crippen molar-refractivity contribution in [2.45, 2.75) is 44.8 Å². The molecule has 0 aromatic carbocycles. The van der Waals surface area contributed by atoms with Crippen LogP contribution in [0.25, 0.3) is 22.5 Å². The maximum Gasteiger partial charge on any atom is 0.339 e. The summed E-state index contributed by atoms with van der Waals surface area (Å²) in [6.07, 6.45) is 2.50. The van der Waals surface area contributed by atoms with Gasteiger partial charge in [0.25, 0.3) is 5.89 Å². The number of esters is 1. The highest BCUT2D eigenvalue weighted by molar-refractivity contribution is 7.91. The fourth-order valence-electron chi connectivity index (χ4n) is 4.33. The van der Waals surface area contributed by atoms with Crippen molar-refractivity contribution in [2.24, 2.45) is 0 Å². The summed E-state index contributed by atoms with van der Waals surface area (Å²) in [6, 6.07) is 3.36. The molecule has 1 aliphatic carbocycles. The molecule has 0 spiro atoms. The standard InChI is InChI=1S/C22H21N5O5S2/c1-12-19-16(22(28)31-9-18-24-21(32-26-18)14-4-6-33-10-14)8-17(13-2-3-13)23-20(19)27(25-12)15-5-7-34(29,30)11-15/h4,6,8,10,13,15H,2-3,5,7,9,11H2,1H3/t15-/m1/s1. The van der Waals surface area contributed by atoms with E-state index >= 15 is 0 Å². The minimum absolute atomic E-state index is 0.0304. The van der Waals surface area contributed by atoms with Crippen molar-refractivity contribution in [2.75, 3.05) is 11.5 Å². The molecule has 0 amide bonds. The van der Waals surface area contributed by atoms with Gasteiger partial charge in [0.05, 0.1) is 39.8 Å². The lowest BCUT2D eigenvalue weighted by molar-refractivity contribution is 0.0461. The second-order valence-corrected chi connectivity index (χ2v) is 11.8. The monoisotopic (exact) mass is 499 g/mol. The van der Waals surface area contributed by atoms with E-state index in [1.807, 2.05) is 16.8 Å². The molecule has 1 aliphatic heterocycles. The molecule has 0 bridgehead atoms. The van der Waals surface area contributed by atoms with Crippen molar-refractivity contribution in [1.29, 1.82) is 0 Å². The van der Waals surface area contributed by atoms with E-state index in [0.29, 0.717) is 34.6 Å². The first-order valence-electron chi connectivity index (χ1n) is 11.0. The number of aryl methyl sites for hydroxylation is 1. The Labute approximate surface area is 198 Å². The zero-order chi connectivity index (χ0) is 23.4. The van der Waals surface area contributed by atoms with Crippen LogP contribution in [0.4, 0.5) is 0 Å². The van der Waals surface area contributed by atoms with Crippen molar-refractivity contribution < 1.29 is 22.5 Å². The Morgan fingerprint density at radius 2 is 2.15 bits per heavy atom. The minimum Gasteiger partial charge on any atom is -0.454 e. The van der Waals surface area contributed by atoms with Crippen LogP contribution in [0, 0.1) is 6.92 Å². The van der Waals surface area contributed by atoms with Gasteiger partial charge in [-0.25, -0.2) is 22.9 Å². The maximum atomic E-state index is 13.2. The zero-order valence-corrected chi connectivity index (χ0v) is 19.9. The predicted octanol–water partition coefficient (Wildman–Crippen LogP) is 3.45.